The molecule has 9 atom stereocenters. The number of halogens is 1. The molecule has 2 bridgehead atoms. The second-order valence-electron chi connectivity index (χ2n) is 13.9. The third kappa shape index (κ3) is 8.03. The summed E-state index contributed by atoms with van der Waals surface area (Å²) in [5, 5.41) is 13.6. The van der Waals surface area contributed by atoms with Crippen LogP contribution >= 0.6 is 15.9 Å². The van der Waals surface area contributed by atoms with Gasteiger partial charge in [0.25, 0.3) is 0 Å². The maximum Gasteiger partial charge on any atom is 0.313 e. The molecule has 3 aliphatic heterocycles. The number of hydrogen-bond donors (Lipinski definition) is 2. The lowest BCUT2D eigenvalue weighted by Crippen LogP contribution is -2.60. The van der Waals surface area contributed by atoms with Crippen molar-refractivity contribution in [2.75, 3.05) is 33.4 Å². The summed E-state index contributed by atoms with van der Waals surface area (Å²) in [6.07, 6.45) is 5.34. The zero-order valence-corrected chi connectivity index (χ0v) is 31.4. The number of methoxy groups -OCH3 is 1. The van der Waals surface area contributed by atoms with Gasteiger partial charge in [0.2, 0.25) is 17.7 Å². The number of ether oxygens (including phenoxy) is 3. The second-order valence-corrected chi connectivity index (χ2v) is 15.1. The smallest absolute Gasteiger partial charge is 0.313 e. The van der Waals surface area contributed by atoms with Crippen LogP contribution in [0, 0.1) is 17.8 Å². The van der Waals surface area contributed by atoms with Gasteiger partial charge in [0.1, 0.15) is 17.7 Å². The molecule has 3 fully saturated rings. The van der Waals surface area contributed by atoms with Gasteiger partial charge in [0.05, 0.1) is 43.2 Å². The minimum absolute atomic E-state index is 0.0543. The molecule has 0 saturated carbocycles. The van der Waals surface area contributed by atoms with Gasteiger partial charge in [-0.25, -0.2) is 0 Å². The molecule has 1 spiro atoms. The first-order valence-electron chi connectivity index (χ1n) is 17.8. The van der Waals surface area contributed by atoms with E-state index < -0.39 is 59.6 Å². The Bertz CT molecular complexity index is 1360. The lowest BCUT2D eigenvalue weighted by Gasteiger charge is -2.40. The summed E-state index contributed by atoms with van der Waals surface area (Å²) in [4.78, 5) is 59.7. The molecule has 11 nitrogen and oxygen atoms in total. The van der Waals surface area contributed by atoms with E-state index in [4.69, 9.17) is 14.2 Å². The van der Waals surface area contributed by atoms with E-state index in [0.29, 0.717) is 24.9 Å². The van der Waals surface area contributed by atoms with Crippen LogP contribution in [0.1, 0.15) is 71.0 Å². The van der Waals surface area contributed by atoms with Crippen LogP contribution in [0.15, 0.2) is 55.6 Å². The number of amides is 3. The van der Waals surface area contributed by atoms with Gasteiger partial charge in [0.15, 0.2) is 0 Å². The van der Waals surface area contributed by atoms with Crippen molar-refractivity contribution in [2.24, 2.45) is 17.8 Å². The van der Waals surface area contributed by atoms with Crippen molar-refractivity contribution in [3.05, 3.63) is 61.2 Å². The molecule has 0 radical (unpaired) electrons. The monoisotopic (exact) mass is 759 g/mol. The predicted octanol–water partition coefficient (Wildman–Crippen LogP) is 4.34. The van der Waals surface area contributed by atoms with Crippen molar-refractivity contribution in [2.45, 2.75) is 100 Å². The number of fused-ring (bicyclic) bond motifs is 1. The van der Waals surface area contributed by atoms with E-state index in [0.717, 1.165) is 19.3 Å². The summed E-state index contributed by atoms with van der Waals surface area (Å²) in [6, 6.07) is 6.61. The Balaban J connectivity index is 1.75. The molecular formula is C38H54BrN3O8. The Morgan fingerprint density at radius 1 is 1.20 bits per heavy atom. The Labute approximate surface area is 304 Å². The first-order chi connectivity index (χ1) is 24.0. The summed E-state index contributed by atoms with van der Waals surface area (Å²) < 4.78 is 18.5. The summed E-state index contributed by atoms with van der Waals surface area (Å²) in [6.45, 7) is 13.9. The quantitative estimate of drug-likeness (QED) is 0.0869. The SMILES string of the molecule is C=CCCC(=O)N[C@H](COC)[C@H](OC(=O)[C@@H]1[C@H]2O[C@@]3(CC2Br)[C@H](C(=O)N(CC=C)CCCCC)N([C@@H](CO)C(C)C)C(=O)[C@@H]13)c1ccccc1. The lowest BCUT2D eigenvalue weighted by molar-refractivity contribution is -0.163. The van der Waals surface area contributed by atoms with Crippen LogP contribution < -0.4 is 5.32 Å². The molecular weight excluding hydrogens is 706 g/mol. The molecule has 2 N–H and O–H groups in total. The molecule has 276 valence electrons. The van der Waals surface area contributed by atoms with Gasteiger partial charge >= 0.3 is 5.97 Å². The van der Waals surface area contributed by atoms with Gasteiger partial charge in [0, 0.05) is 31.4 Å². The highest BCUT2D eigenvalue weighted by molar-refractivity contribution is 9.09. The normalized spacial score (nSPS) is 27.1. The van der Waals surface area contributed by atoms with Gasteiger partial charge < -0.3 is 34.4 Å². The zero-order valence-electron chi connectivity index (χ0n) is 29.8. The van der Waals surface area contributed by atoms with Crippen LogP contribution in [0.25, 0.3) is 0 Å². The van der Waals surface area contributed by atoms with Crippen LogP contribution in [0.3, 0.4) is 0 Å². The summed E-state index contributed by atoms with van der Waals surface area (Å²) in [5.74, 6) is -3.86. The Kier molecular flexibility index (Phi) is 14.2. The number of benzene rings is 1. The number of carbonyl (C=O) groups is 4. The number of aliphatic hydroxyl groups is 1. The number of esters is 1. The van der Waals surface area contributed by atoms with Crippen LogP contribution in [0.4, 0.5) is 0 Å². The number of allylic oxidation sites excluding steroid dienone is 1. The van der Waals surface area contributed by atoms with Gasteiger partial charge in [-0.1, -0.05) is 92.0 Å². The second kappa shape index (κ2) is 17.9. The van der Waals surface area contributed by atoms with Crippen molar-refractivity contribution in [1.82, 2.24) is 15.1 Å². The van der Waals surface area contributed by atoms with Crippen molar-refractivity contribution < 1.29 is 38.5 Å². The molecule has 3 heterocycles. The van der Waals surface area contributed by atoms with Crippen molar-refractivity contribution >= 4 is 39.6 Å². The van der Waals surface area contributed by atoms with E-state index in [1.807, 2.05) is 32.0 Å². The van der Waals surface area contributed by atoms with E-state index >= 15 is 0 Å². The van der Waals surface area contributed by atoms with Gasteiger partial charge in [-0.15, -0.1) is 13.2 Å². The van der Waals surface area contributed by atoms with E-state index in [-0.39, 0.29) is 48.7 Å². The molecule has 1 aromatic carbocycles. The molecule has 3 aliphatic rings. The molecule has 12 heteroatoms. The van der Waals surface area contributed by atoms with Crippen LogP contribution in [0.2, 0.25) is 0 Å². The molecule has 1 unspecified atom stereocenters. The Morgan fingerprint density at radius 3 is 2.52 bits per heavy atom. The van der Waals surface area contributed by atoms with Crippen molar-refractivity contribution in [1.29, 1.82) is 0 Å². The first kappa shape index (κ1) is 39.7. The van der Waals surface area contributed by atoms with E-state index in [9.17, 15) is 24.3 Å². The Hall–Kier alpha value is -3.06. The Morgan fingerprint density at radius 2 is 1.92 bits per heavy atom. The number of aliphatic hydroxyl groups excluding tert-OH is 1. The number of likely N-dealkylation sites (tertiary alicyclic amines) is 1. The highest BCUT2D eigenvalue weighted by atomic mass is 79.9. The number of rotatable bonds is 20. The largest absolute Gasteiger partial charge is 0.455 e. The van der Waals surface area contributed by atoms with Crippen molar-refractivity contribution in [3.8, 4) is 0 Å². The number of carbonyl (C=O) groups excluding carboxylic acids is 4. The van der Waals surface area contributed by atoms with Gasteiger partial charge in [-0.3, -0.25) is 19.2 Å². The minimum Gasteiger partial charge on any atom is -0.455 e. The number of nitrogens with one attached hydrogen (secondary N) is 1. The highest BCUT2D eigenvalue weighted by Gasteiger charge is 2.77. The number of nitrogens with zero attached hydrogens (tertiary/aromatic N) is 2. The topological polar surface area (TPSA) is 135 Å². The standard InChI is InChI=1S/C38H54BrN3O8/c1-7-10-15-20-41(19-9-3)36(46)34-38-21-26(39)33(50-38)30(31(38)35(45)42(34)28(22-43)24(4)5)37(47)49-32(25-16-13-12-14-17-25)27(23-48-6)40-29(44)18-11-8-2/h8-9,12-14,16-17,24,26-28,30-34,43H,2-3,7,10-11,15,18-23H2,1,4-6H3,(H,40,44)/t26?,27-,28+,30+,31-,32-,33+,34+,38-/m1/s1. The van der Waals surface area contributed by atoms with E-state index in [2.05, 4.69) is 41.3 Å². The van der Waals surface area contributed by atoms with Crippen LogP contribution in [-0.2, 0) is 33.4 Å². The van der Waals surface area contributed by atoms with Gasteiger partial charge in [-0.2, -0.15) is 0 Å². The average Bonchev–Trinajstić information content (AvgIpc) is 3.69. The van der Waals surface area contributed by atoms with Crippen LogP contribution in [-0.4, -0.2) is 107 Å². The third-order valence-corrected chi connectivity index (χ3v) is 11.1. The fourth-order valence-corrected chi connectivity index (χ4v) is 8.83. The summed E-state index contributed by atoms with van der Waals surface area (Å²) in [7, 11) is 1.50. The summed E-state index contributed by atoms with van der Waals surface area (Å²) >= 11 is 3.74. The lowest BCUT2D eigenvalue weighted by atomic mass is 9.70. The number of unbranched alkanes of at least 4 members (excludes halogenated alkanes) is 2. The number of hydrogen-bond acceptors (Lipinski definition) is 8. The molecule has 0 aliphatic carbocycles. The third-order valence-electron chi connectivity index (χ3n) is 10.2. The molecule has 4 rings (SSSR count). The molecule has 0 aromatic heterocycles. The predicted molar refractivity (Wildman–Crippen MR) is 193 cm³/mol. The molecule has 3 amide bonds. The molecule has 1 aromatic rings. The maximum absolute atomic E-state index is 14.7. The minimum atomic E-state index is -1.32. The maximum atomic E-state index is 14.7. The van der Waals surface area contributed by atoms with Gasteiger partial charge in [-0.05, 0) is 30.7 Å². The summed E-state index contributed by atoms with van der Waals surface area (Å²) in [5.41, 5.74) is -0.684. The van der Waals surface area contributed by atoms with E-state index in [1.54, 1.807) is 29.2 Å². The first-order valence-corrected chi connectivity index (χ1v) is 18.7. The highest BCUT2D eigenvalue weighted by Crippen LogP contribution is 2.61. The fraction of sp³-hybridized carbons (Fsp3) is 0.632. The number of alkyl halides is 1. The van der Waals surface area contributed by atoms with Crippen molar-refractivity contribution in [3.63, 3.8) is 0 Å². The van der Waals surface area contributed by atoms with Crippen LogP contribution in [0.5, 0.6) is 0 Å². The zero-order chi connectivity index (χ0) is 36.6. The van der Waals surface area contributed by atoms with E-state index in [1.165, 1.54) is 12.0 Å². The molecule has 50 heavy (non-hydrogen) atoms. The fourth-order valence-electron chi connectivity index (χ4n) is 7.89. The average molecular weight is 761 g/mol. The molecule has 3 saturated heterocycles.